The molecule has 1 amide bonds. The Bertz CT molecular complexity index is 178. The third kappa shape index (κ3) is 2.90. The molecule has 0 aliphatic carbocycles. The van der Waals surface area contributed by atoms with Crippen LogP contribution in [0.15, 0.2) is 31.0 Å². The van der Waals surface area contributed by atoms with Crippen LogP contribution in [0.4, 0.5) is 0 Å². The molecule has 0 radical (unpaired) electrons. The second kappa shape index (κ2) is 4.59. The van der Waals surface area contributed by atoms with Crippen molar-refractivity contribution >= 4 is 5.91 Å². The summed E-state index contributed by atoms with van der Waals surface area (Å²) < 4.78 is 0. The standard InChI is InChI=1S/C8H11NO/c1-4-6-7-9(3)8(10)5-2/h5-6H,1-2,7H2,3H3. The fourth-order valence-electron chi connectivity index (χ4n) is 0.447. The number of hydrogen-bond donors (Lipinski definition) is 0. The number of nitrogens with zero attached hydrogens (tertiary/aromatic N) is 1. The van der Waals surface area contributed by atoms with Gasteiger partial charge in [0.15, 0.2) is 0 Å². The van der Waals surface area contributed by atoms with Crippen LogP contribution in [-0.4, -0.2) is 24.4 Å². The molecule has 0 bridgehead atoms. The van der Waals surface area contributed by atoms with E-state index in [1.54, 1.807) is 13.1 Å². The van der Waals surface area contributed by atoms with Gasteiger partial charge in [-0.1, -0.05) is 13.2 Å². The van der Waals surface area contributed by atoms with Gasteiger partial charge in [-0.15, -0.1) is 5.73 Å². The van der Waals surface area contributed by atoms with Crippen LogP contribution >= 0.6 is 0 Å². The molecule has 0 saturated carbocycles. The number of hydrogen-bond acceptors (Lipinski definition) is 1. The first-order valence-corrected chi connectivity index (χ1v) is 2.94. The molecule has 0 aliphatic rings. The molecule has 0 spiro atoms. The minimum atomic E-state index is -0.0912. The first-order chi connectivity index (χ1) is 4.72. The molecular formula is C8H11NO. The van der Waals surface area contributed by atoms with E-state index in [4.69, 9.17) is 0 Å². The van der Waals surface area contributed by atoms with Crippen LogP contribution in [0, 0.1) is 0 Å². The van der Waals surface area contributed by atoms with E-state index in [-0.39, 0.29) is 5.91 Å². The summed E-state index contributed by atoms with van der Waals surface area (Å²) >= 11 is 0. The topological polar surface area (TPSA) is 20.3 Å². The lowest BCUT2D eigenvalue weighted by atomic mass is 10.4. The fourth-order valence-corrected chi connectivity index (χ4v) is 0.447. The largest absolute Gasteiger partial charge is 0.338 e. The molecular weight excluding hydrogens is 126 g/mol. The van der Waals surface area contributed by atoms with Crippen molar-refractivity contribution in [1.29, 1.82) is 0 Å². The first kappa shape index (κ1) is 8.73. The number of rotatable bonds is 3. The average Bonchev–Trinajstić information content (AvgIpc) is 1.98. The van der Waals surface area contributed by atoms with E-state index >= 15 is 0 Å². The molecule has 0 unspecified atom stereocenters. The Morgan fingerprint density at radius 2 is 2.40 bits per heavy atom. The minimum Gasteiger partial charge on any atom is -0.338 e. The van der Waals surface area contributed by atoms with E-state index in [0.717, 1.165) is 0 Å². The van der Waals surface area contributed by atoms with E-state index in [2.05, 4.69) is 18.9 Å². The Morgan fingerprint density at radius 3 is 2.80 bits per heavy atom. The van der Waals surface area contributed by atoms with E-state index < -0.39 is 0 Å². The van der Waals surface area contributed by atoms with Crippen molar-refractivity contribution in [2.24, 2.45) is 0 Å². The maximum absolute atomic E-state index is 10.8. The van der Waals surface area contributed by atoms with E-state index in [9.17, 15) is 4.79 Å². The molecule has 2 nitrogen and oxygen atoms in total. The van der Waals surface area contributed by atoms with Gasteiger partial charge in [-0.25, -0.2) is 0 Å². The van der Waals surface area contributed by atoms with Crippen molar-refractivity contribution in [1.82, 2.24) is 4.90 Å². The lowest BCUT2D eigenvalue weighted by molar-refractivity contribution is -0.124. The fraction of sp³-hybridized carbons (Fsp3) is 0.250. The van der Waals surface area contributed by atoms with Gasteiger partial charge >= 0.3 is 0 Å². The summed E-state index contributed by atoms with van der Waals surface area (Å²) in [4.78, 5) is 12.3. The third-order valence-corrected chi connectivity index (χ3v) is 1.06. The molecule has 0 heterocycles. The van der Waals surface area contributed by atoms with Gasteiger partial charge in [0.1, 0.15) is 0 Å². The van der Waals surface area contributed by atoms with Gasteiger partial charge in [0.05, 0.1) is 0 Å². The Morgan fingerprint density at radius 1 is 1.80 bits per heavy atom. The van der Waals surface area contributed by atoms with Gasteiger partial charge in [0, 0.05) is 13.6 Å². The highest BCUT2D eigenvalue weighted by atomic mass is 16.2. The zero-order valence-electron chi connectivity index (χ0n) is 6.13. The number of carbonyl (C=O) groups is 1. The molecule has 0 aromatic rings. The molecule has 0 aromatic carbocycles. The Labute approximate surface area is 61.1 Å². The zero-order chi connectivity index (χ0) is 7.98. The molecule has 0 saturated heterocycles. The summed E-state index contributed by atoms with van der Waals surface area (Å²) in [5.41, 5.74) is 2.57. The first-order valence-electron chi connectivity index (χ1n) is 2.94. The summed E-state index contributed by atoms with van der Waals surface area (Å²) in [5, 5.41) is 0. The van der Waals surface area contributed by atoms with Crippen LogP contribution < -0.4 is 0 Å². The molecule has 0 N–H and O–H groups in total. The van der Waals surface area contributed by atoms with Crippen molar-refractivity contribution in [3.05, 3.63) is 31.0 Å². The van der Waals surface area contributed by atoms with Crippen molar-refractivity contribution < 1.29 is 4.79 Å². The van der Waals surface area contributed by atoms with Crippen LogP contribution in [-0.2, 0) is 4.79 Å². The molecule has 0 aliphatic heterocycles. The van der Waals surface area contributed by atoms with Crippen LogP contribution in [0.1, 0.15) is 0 Å². The smallest absolute Gasteiger partial charge is 0.245 e. The van der Waals surface area contributed by atoms with Gasteiger partial charge in [-0.2, -0.15) is 0 Å². The summed E-state index contributed by atoms with van der Waals surface area (Å²) in [6.45, 7) is 7.26. The Kier molecular flexibility index (Phi) is 4.01. The lowest BCUT2D eigenvalue weighted by Crippen LogP contribution is -2.24. The second-order valence-corrected chi connectivity index (χ2v) is 1.83. The molecule has 0 rings (SSSR count). The number of carbonyl (C=O) groups excluding carboxylic acids is 1. The van der Waals surface area contributed by atoms with Crippen LogP contribution in [0.2, 0.25) is 0 Å². The van der Waals surface area contributed by atoms with Crippen LogP contribution in [0.25, 0.3) is 0 Å². The average molecular weight is 137 g/mol. The van der Waals surface area contributed by atoms with Crippen molar-refractivity contribution in [3.63, 3.8) is 0 Å². The zero-order valence-corrected chi connectivity index (χ0v) is 6.13. The summed E-state index contributed by atoms with van der Waals surface area (Å²) in [6.07, 6.45) is 2.96. The monoisotopic (exact) mass is 137 g/mol. The Hall–Kier alpha value is -1.27. The predicted octanol–water partition coefficient (Wildman–Crippen LogP) is 0.972. The molecule has 0 aromatic heterocycles. The molecule has 0 fully saturated rings. The second-order valence-electron chi connectivity index (χ2n) is 1.83. The highest BCUT2D eigenvalue weighted by Gasteiger charge is 1.98. The summed E-state index contributed by atoms with van der Waals surface area (Å²) in [6, 6.07) is 0. The lowest BCUT2D eigenvalue weighted by Gasteiger charge is -2.10. The van der Waals surface area contributed by atoms with Gasteiger partial charge in [-0.3, -0.25) is 4.79 Å². The summed E-state index contributed by atoms with van der Waals surface area (Å²) in [5.74, 6) is -0.0912. The van der Waals surface area contributed by atoms with Gasteiger partial charge in [-0.05, 0) is 12.2 Å². The highest BCUT2D eigenvalue weighted by molar-refractivity contribution is 5.86. The third-order valence-electron chi connectivity index (χ3n) is 1.06. The van der Waals surface area contributed by atoms with Crippen molar-refractivity contribution in [2.75, 3.05) is 13.6 Å². The molecule has 54 valence electrons. The van der Waals surface area contributed by atoms with Crippen molar-refractivity contribution in [3.8, 4) is 0 Å². The number of likely N-dealkylation sites (N-methyl/N-ethyl adjacent to an activating group) is 1. The van der Waals surface area contributed by atoms with Gasteiger partial charge in [0.25, 0.3) is 0 Å². The predicted molar refractivity (Wildman–Crippen MR) is 41.5 cm³/mol. The van der Waals surface area contributed by atoms with Gasteiger partial charge < -0.3 is 4.90 Å². The normalized spacial score (nSPS) is 7.70. The van der Waals surface area contributed by atoms with Gasteiger partial charge in [0.2, 0.25) is 5.91 Å². The van der Waals surface area contributed by atoms with E-state index in [1.165, 1.54) is 11.0 Å². The van der Waals surface area contributed by atoms with Crippen LogP contribution in [0.5, 0.6) is 0 Å². The minimum absolute atomic E-state index is 0.0912. The Balaban J connectivity index is 3.83. The SMILES string of the molecule is C=C=CCN(C)C(=O)C=C. The molecule has 0 atom stereocenters. The molecule has 10 heavy (non-hydrogen) atoms. The quantitative estimate of drug-likeness (QED) is 0.419. The number of amides is 1. The molecule has 2 heteroatoms. The van der Waals surface area contributed by atoms with Crippen molar-refractivity contribution in [2.45, 2.75) is 0 Å². The maximum atomic E-state index is 10.8. The van der Waals surface area contributed by atoms with E-state index in [1.807, 2.05) is 0 Å². The summed E-state index contributed by atoms with van der Waals surface area (Å²) in [7, 11) is 1.69. The van der Waals surface area contributed by atoms with Crippen LogP contribution in [0.3, 0.4) is 0 Å². The van der Waals surface area contributed by atoms with E-state index in [0.29, 0.717) is 6.54 Å². The highest BCUT2D eigenvalue weighted by Crippen LogP contribution is 1.84. The maximum Gasteiger partial charge on any atom is 0.245 e.